The third kappa shape index (κ3) is 7.39. The first-order valence-corrected chi connectivity index (χ1v) is 21.8. The highest BCUT2D eigenvalue weighted by molar-refractivity contribution is 7.91. The molecule has 45 heavy (non-hydrogen) atoms. The number of ether oxygens (including phenoxy) is 2. The number of sulfone groups is 1. The van der Waals surface area contributed by atoms with E-state index in [1.807, 2.05) is 0 Å². The van der Waals surface area contributed by atoms with E-state index >= 15 is 0 Å². The highest BCUT2D eigenvalue weighted by Gasteiger charge is 2.62. The van der Waals surface area contributed by atoms with Gasteiger partial charge in [0.05, 0.1) is 18.1 Å². The van der Waals surface area contributed by atoms with E-state index in [2.05, 4.69) is 65.7 Å². The van der Waals surface area contributed by atoms with E-state index in [-0.39, 0.29) is 70.3 Å². The van der Waals surface area contributed by atoms with Crippen molar-refractivity contribution < 1.29 is 35.7 Å². The lowest BCUT2D eigenvalue weighted by Crippen LogP contribution is -2.66. The summed E-state index contributed by atoms with van der Waals surface area (Å²) in [7, 11) is -9.12. The third-order valence-corrected chi connectivity index (χ3v) is 21.1. The topological polar surface area (TPSA) is 148 Å². The molecule has 1 unspecified atom stereocenters. The molecule has 1 aromatic rings. The van der Waals surface area contributed by atoms with Crippen LogP contribution in [0.4, 0.5) is 5.82 Å². The van der Waals surface area contributed by atoms with E-state index < -0.39 is 57.2 Å². The van der Waals surface area contributed by atoms with Crippen molar-refractivity contribution in [2.75, 3.05) is 36.5 Å². The summed E-state index contributed by atoms with van der Waals surface area (Å²) in [6.45, 7) is 18.9. The summed E-state index contributed by atoms with van der Waals surface area (Å²) < 4.78 is 60.0. The first-order valence-electron chi connectivity index (χ1n) is 15.6. The summed E-state index contributed by atoms with van der Waals surface area (Å²) in [5.41, 5.74) is -0.343. The fourth-order valence-corrected chi connectivity index (χ4v) is 19.1. The van der Waals surface area contributed by atoms with Crippen LogP contribution in [0.15, 0.2) is 17.1 Å². The average molecular weight is 705 g/mol. The Hall–Kier alpha value is -1.74. The fraction of sp³-hybridized carbons (Fsp3) is 0.786. The zero-order valence-corrected chi connectivity index (χ0v) is 31.3. The van der Waals surface area contributed by atoms with Crippen LogP contribution >= 0.6 is 12.2 Å². The predicted octanol–water partition coefficient (Wildman–Crippen LogP) is 3.46. The predicted molar refractivity (Wildman–Crippen MR) is 178 cm³/mol. The standard InChI is InChI=1S/C28H48N4O9S2Si2/c1-17(2)44(18(3)4)37-16-22-24(40-45(41-44,19(5)6)20(7)8)25(39-28(42)31-12-14-43(35,36)15-13-31)26(38-22)32-11-10-23(29-21(9)33)30-27(32)34/h10-11,17-20,22,24-26H,12-16H2,1-9H3,(H,29,30,33,34)/t22-,24+,25?,26-/m1/s1. The maximum Gasteiger partial charge on any atom is 0.351 e. The van der Waals surface area contributed by atoms with Crippen molar-refractivity contribution in [2.24, 2.45) is 0 Å². The molecule has 1 aromatic heterocycles. The van der Waals surface area contributed by atoms with Crippen LogP contribution in [0.2, 0.25) is 22.2 Å². The van der Waals surface area contributed by atoms with Gasteiger partial charge in [0.15, 0.2) is 22.2 Å². The molecule has 4 heterocycles. The number of nitrogens with zero attached hydrogens (tertiary/aromatic N) is 3. The molecule has 4 atom stereocenters. The molecule has 3 aliphatic heterocycles. The smallest absolute Gasteiger partial charge is 0.351 e. The van der Waals surface area contributed by atoms with Gasteiger partial charge < -0.3 is 32.7 Å². The minimum Gasteiger partial charge on any atom is -0.460 e. The van der Waals surface area contributed by atoms with Crippen molar-refractivity contribution in [1.29, 1.82) is 0 Å². The molecule has 0 bridgehead atoms. The molecule has 0 spiro atoms. The van der Waals surface area contributed by atoms with Crippen molar-refractivity contribution in [3.05, 3.63) is 22.7 Å². The molecular formula is C28H48N4O9S2Si2. The Morgan fingerprint density at radius 2 is 1.62 bits per heavy atom. The summed E-state index contributed by atoms with van der Waals surface area (Å²) in [6, 6.07) is 1.51. The first-order chi connectivity index (χ1) is 20.9. The fourth-order valence-electron chi connectivity index (χ4n) is 6.41. The summed E-state index contributed by atoms with van der Waals surface area (Å²) in [4.78, 5) is 30.7. The van der Waals surface area contributed by atoms with Crippen LogP contribution in [0.1, 0.15) is 68.5 Å². The molecule has 1 amide bonds. The Bertz CT molecular complexity index is 1390. The molecular weight excluding hydrogens is 657 g/mol. The van der Waals surface area contributed by atoms with Crippen molar-refractivity contribution in [3.63, 3.8) is 0 Å². The van der Waals surface area contributed by atoms with E-state index in [0.29, 0.717) is 0 Å². The second kappa shape index (κ2) is 13.8. The van der Waals surface area contributed by atoms with Gasteiger partial charge in [-0.3, -0.25) is 9.36 Å². The normalized spacial score (nSPS) is 27.7. The van der Waals surface area contributed by atoms with Crippen LogP contribution in [0.5, 0.6) is 0 Å². The van der Waals surface area contributed by atoms with Crippen LogP contribution in [0.3, 0.4) is 0 Å². The molecule has 3 saturated heterocycles. The van der Waals surface area contributed by atoms with Gasteiger partial charge in [-0.25, -0.2) is 13.2 Å². The number of anilines is 1. The van der Waals surface area contributed by atoms with E-state index in [9.17, 15) is 18.0 Å². The number of fused-ring (bicyclic) bond motifs is 1. The molecule has 13 nitrogen and oxygen atoms in total. The molecule has 17 heteroatoms. The van der Waals surface area contributed by atoms with Gasteiger partial charge in [0, 0.05) is 26.2 Å². The first kappa shape index (κ1) is 36.1. The average Bonchev–Trinajstić information content (AvgIpc) is 3.23. The minimum atomic E-state index is -3.15. The number of hydrogen-bond donors (Lipinski definition) is 1. The molecule has 0 aromatic carbocycles. The lowest BCUT2D eigenvalue weighted by atomic mass is 10.1. The van der Waals surface area contributed by atoms with Gasteiger partial charge in [0.25, 0.3) is 5.17 Å². The maximum absolute atomic E-state index is 13.4. The number of nitrogens with one attached hydrogen (secondary N) is 1. The molecule has 0 saturated carbocycles. The van der Waals surface area contributed by atoms with Gasteiger partial charge in [0.1, 0.15) is 18.0 Å². The van der Waals surface area contributed by atoms with Gasteiger partial charge >= 0.3 is 22.8 Å². The molecule has 4 rings (SSSR count). The second-order valence-corrected chi connectivity index (χ2v) is 24.8. The van der Waals surface area contributed by atoms with Crippen LogP contribution in [-0.4, -0.2) is 101 Å². The van der Waals surface area contributed by atoms with Gasteiger partial charge in [0.2, 0.25) is 5.91 Å². The molecule has 1 N–H and O–H groups in total. The summed E-state index contributed by atoms with van der Waals surface area (Å²) in [6.07, 6.45) is -1.81. The molecule has 3 fully saturated rings. The van der Waals surface area contributed by atoms with Crippen molar-refractivity contribution >= 4 is 56.1 Å². The Morgan fingerprint density at radius 3 is 2.13 bits per heavy atom. The quantitative estimate of drug-likeness (QED) is 0.328. The number of thiocarbonyl (C=S) groups is 1. The Balaban J connectivity index is 1.80. The number of carbonyl (C=O) groups is 1. The van der Waals surface area contributed by atoms with Gasteiger partial charge in [-0.05, 0) is 40.4 Å². The maximum atomic E-state index is 13.4. The number of amides is 1. The summed E-state index contributed by atoms with van der Waals surface area (Å²) >= 11 is 5.71. The third-order valence-electron chi connectivity index (χ3n) is 8.86. The SMILES string of the molecule is CC(=O)Nc1ccn([C@@H]2O[C@@H]3CO[Si](C(C)C)(C(C)C)O[Si](C(C)C)(C(C)C)O[C@@H]3C2OC(=S)N2CCS(=O)(=O)CC2)c(=O)n1. The second-order valence-electron chi connectivity index (χ2n) is 13.3. The molecule has 3 aliphatic rings. The Morgan fingerprint density at radius 1 is 1.04 bits per heavy atom. The van der Waals surface area contributed by atoms with Crippen molar-refractivity contribution in [3.8, 4) is 0 Å². The monoisotopic (exact) mass is 704 g/mol. The molecule has 0 aliphatic carbocycles. The number of hydrogen-bond acceptors (Lipinski definition) is 11. The zero-order valence-electron chi connectivity index (χ0n) is 27.6. The number of rotatable bonds is 7. The van der Waals surface area contributed by atoms with Crippen LogP contribution in [0, 0.1) is 0 Å². The summed E-state index contributed by atoms with van der Waals surface area (Å²) in [5.74, 6) is -0.318. The Kier molecular flexibility index (Phi) is 11.1. The van der Waals surface area contributed by atoms with Crippen molar-refractivity contribution in [2.45, 2.75) is 109 Å². The lowest BCUT2D eigenvalue weighted by Gasteiger charge is -2.51. The van der Waals surface area contributed by atoms with Crippen LogP contribution < -0.4 is 11.0 Å². The number of carbonyl (C=O) groups excluding carboxylic acids is 1. The number of aromatic nitrogens is 2. The largest absolute Gasteiger partial charge is 0.460 e. The lowest BCUT2D eigenvalue weighted by molar-refractivity contribution is -0.114. The Labute approximate surface area is 273 Å². The summed E-state index contributed by atoms with van der Waals surface area (Å²) in [5, 5.41) is 2.62. The molecule has 0 radical (unpaired) electrons. The van der Waals surface area contributed by atoms with E-state index in [0.717, 1.165) is 0 Å². The molecule has 254 valence electrons. The van der Waals surface area contributed by atoms with Crippen molar-refractivity contribution in [1.82, 2.24) is 14.5 Å². The van der Waals surface area contributed by atoms with Crippen LogP contribution in [-0.2, 0) is 37.1 Å². The zero-order chi connectivity index (χ0) is 33.5. The van der Waals surface area contributed by atoms with Crippen LogP contribution in [0.25, 0.3) is 0 Å². The van der Waals surface area contributed by atoms with Gasteiger partial charge in [-0.15, -0.1) is 0 Å². The van der Waals surface area contributed by atoms with E-state index in [4.69, 9.17) is 34.7 Å². The minimum absolute atomic E-state index is 0.0319. The van der Waals surface area contributed by atoms with Gasteiger partial charge in [-0.1, -0.05) is 55.4 Å². The van der Waals surface area contributed by atoms with E-state index in [1.165, 1.54) is 23.8 Å². The van der Waals surface area contributed by atoms with Gasteiger partial charge in [-0.2, -0.15) is 4.98 Å². The highest BCUT2D eigenvalue weighted by Crippen LogP contribution is 2.48. The highest BCUT2D eigenvalue weighted by atomic mass is 32.2. The van der Waals surface area contributed by atoms with E-state index in [1.54, 1.807) is 4.90 Å².